The zero-order chi connectivity index (χ0) is 45.1. The van der Waals surface area contributed by atoms with Gasteiger partial charge in [-0.2, -0.15) is 0 Å². The Hall–Kier alpha value is -2.89. The normalized spacial score (nSPS) is 12.5. The molecule has 1 unspecified atom stereocenters. The molecule has 0 heterocycles. The maximum atomic E-state index is 12.8. The van der Waals surface area contributed by atoms with Crippen LogP contribution in [0.4, 0.5) is 0 Å². The SMILES string of the molecule is CC/C=C/C=C/C=C/C=C/CCCCCC(=O)OCC(COC(=O)CCCCCCC/C=C/CCCCCCCCC)OC(=O)CCCCCCCCCCCCCCCCC. The lowest BCUT2D eigenvalue weighted by atomic mass is 10.0. The zero-order valence-corrected chi connectivity index (χ0v) is 40.9. The molecule has 0 aliphatic heterocycles. The molecule has 0 amide bonds. The number of esters is 3. The molecule has 6 nitrogen and oxygen atoms in total. The molecule has 0 N–H and O–H groups in total. The lowest BCUT2D eigenvalue weighted by Crippen LogP contribution is -2.30. The minimum absolute atomic E-state index is 0.0894. The van der Waals surface area contributed by atoms with Crippen LogP contribution in [0.25, 0.3) is 0 Å². The molecule has 0 aliphatic carbocycles. The molecule has 0 aromatic rings. The summed E-state index contributed by atoms with van der Waals surface area (Å²) in [7, 11) is 0. The number of hydrogen-bond acceptors (Lipinski definition) is 6. The predicted molar refractivity (Wildman–Crippen MR) is 265 cm³/mol. The van der Waals surface area contributed by atoms with Crippen LogP contribution in [0.5, 0.6) is 0 Å². The summed E-state index contributed by atoms with van der Waals surface area (Å²) < 4.78 is 16.8. The Labute approximate surface area is 383 Å². The van der Waals surface area contributed by atoms with Crippen molar-refractivity contribution in [2.24, 2.45) is 0 Å². The van der Waals surface area contributed by atoms with E-state index in [0.717, 1.165) is 77.0 Å². The van der Waals surface area contributed by atoms with Crippen molar-refractivity contribution < 1.29 is 28.6 Å². The first kappa shape index (κ1) is 59.1. The van der Waals surface area contributed by atoms with Crippen LogP contribution in [0, 0.1) is 0 Å². The minimum Gasteiger partial charge on any atom is -0.462 e. The van der Waals surface area contributed by atoms with Crippen molar-refractivity contribution in [2.45, 2.75) is 264 Å². The van der Waals surface area contributed by atoms with Gasteiger partial charge >= 0.3 is 17.9 Å². The highest BCUT2D eigenvalue weighted by Gasteiger charge is 2.19. The van der Waals surface area contributed by atoms with Gasteiger partial charge in [-0.15, -0.1) is 0 Å². The summed E-state index contributed by atoms with van der Waals surface area (Å²) in [5.41, 5.74) is 0. The third kappa shape index (κ3) is 48.1. The number of carbonyl (C=O) groups is 3. The second kappa shape index (κ2) is 50.8. The van der Waals surface area contributed by atoms with Gasteiger partial charge in [-0.3, -0.25) is 14.4 Å². The molecule has 0 saturated carbocycles. The molecule has 0 fully saturated rings. The maximum Gasteiger partial charge on any atom is 0.306 e. The zero-order valence-electron chi connectivity index (χ0n) is 40.9. The maximum absolute atomic E-state index is 12.8. The van der Waals surface area contributed by atoms with Gasteiger partial charge in [0, 0.05) is 19.3 Å². The highest BCUT2D eigenvalue weighted by molar-refractivity contribution is 5.71. The number of hydrogen-bond donors (Lipinski definition) is 0. The molecule has 62 heavy (non-hydrogen) atoms. The molecular formula is C56H98O6. The van der Waals surface area contributed by atoms with Crippen LogP contribution in [0.15, 0.2) is 60.8 Å². The van der Waals surface area contributed by atoms with Gasteiger partial charge in [0.1, 0.15) is 13.2 Å². The van der Waals surface area contributed by atoms with Crippen molar-refractivity contribution in [1.29, 1.82) is 0 Å². The summed E-state index contributed by atoms with van der Waals surface area (Å²) in [4.78, 5) is 38.0. The summed E-state index contributed by atoms with van der Waals surface area (Å²) in [6.07, 6.45) is 62.0. The Kier molecular flexibility index (Phi) is 48.4. The van der Waals surface area contributed by atoms with Crippen molar-refractivity contribution in [3.05, 3.63) is 60.8 Å². The van der Waals surface area contributed by atoms with Gasteiger partial charge < -0.3 is 14.2 Å². The Morgan fingerprint density at radius 3 is 1.05 bits per heavy atom. The van der Waals surface area contributed by atoms with E-state index in [1.807, 2.05) is 30.4 Å². The molecule has 0 radical (unpaired) electrons. The number of rotatable bonds is 47. The predicted octanol–water partition coefficient (Wildman–Crippen LogP) is 17.3. The lowest BCUT2D eigenvalue weighted by Gasteiger charge is -2.18. The summed E-state index contributed by atoms with van der Waals surface area (Å²) in [5.74, 6) is -0.930. The fraction of sp³-hybridized carbons (Fsp3) is 0.768. The summed E-state index contributed by atoms with van der Waals surface area (Å²) in [5, 5.41) is 0. The largest absolute Gasteiger partial charge is 0.462 e. The number of unbranched alkanes of at least 4 members (excludes halogenated alkanes) is 29. The van der Waals surface area contributed by atoms with Gasteiger partial charge in [0.05, 0.1) is 0 Å². The van der Waals surface area contributed by atoms with Crippen molar-refractivity contribution in [3.8, 4) is 0 Å². The van der Waals surface area contributed by atoms with E-state index in [9.17, 15) is 14.4 Å². The first-order chi connectivity index (χ1) is 30.5. The van der Waals surface area contributed by atoms with E-state index in [1.54, 1.807) is 0 Å². The Morgan fingerprint density at radius 1 is 0.339 bits per heavy atom. The fourth-order valence-corrected chi connectivity index (χ4v) is 7.39. The van der Waals surface area contributed by atoms with E-state index >= 15 is 0 Å². The molecule has 0 aromatic carbocycles. The number of carbonyl (C=O) groups excluding carboxylic acids is 3. The highest BCUT2D eigenvalue weighted by Crippen LogP contribution is 2.15. The van der Waals surface area contributed by atoms with E-state index in [2.05, 4.69) is 51.2 Å². The smallest absolute Gasteiger partial charge is 0.306 e. The van der Waals surface area contributed by atoms with Crippen LogP contribution in [0.2, 0.25) is 0 Å². The average Bonchev–Trinajstić information content (AvgIpc) is 3.27. The van der Waals surface area contributed by atoms with Crippen LogP contribution in [-0.2, 0) is 28.6 Å². The van der Waals surface area contributed by atoms with Gasteiger partial charge in [0.2, 0.25) is 0 Å². The Balaban J connectivity index is 4.42. The molecule has 0 spiro atoms. The Bertz CT molecular complexity index is 1130. The van der Waals surface area contributed by atoms with Gasteiger partial charge in [-0.1, -0.05) is 236 Å². The first-order valence-corrected chi connectivity index (χ1v) is 26.3. The van der Waals surface area contributed by atoms with Crippen molar-refractivity contribution in [2.75, 3.05) is 13.2 Å². The molecule has 1 atom stereocenters. The van der Waals surface area contributed by atoms with Gasteiger partial charge in [0.25, 0.3) is 0 Å². The average molecular weight is 867 g/mol. The van der Waals surface area contributed by atoms with E-state index in [4.69, 9.17) is 14.2 Å². The number of allylic oxidation sites excluding steroid dienone is 10. The second-order valence-electron chi connectivity index (χ2n) is 17.5. The second-order valence-corrected chi connectivity index (χ2v) is 17.5. The topological polar surface area (TPSA) is 78.9 Å². The Morgan fingerprint density at radius 2 is 0.645 bits per heavy atom. The lowest BCUT2D eigenvalue weighted by molar-refractivity contribution is -0.167. The van der Waals surface area contributed by atoms with Crippen LogP contribution in [0.1, 0.15) is 258 Å². The van der Waals surface area contributed by atoms with Crippen molar-refractivity contribution in [3.63, 3.8) is 0 Å². The molecule has 0 aliphatic rings. The first-order valence-electron chi connectivity index (χ1n) is 26.3. The van der Waals surface area contributed by atoms with Crippen molar-refractivity contribution in [1.82, 2.24) is 0 Å². The van der Waals surface area contributed by atoms with E-state index in [0.29, 0.717) is 19.3 Å². The molecule has 0 saturated heterocycles. The van der Waals surface area contributed by atoms with E-state index in [1.165, 1.54) is 141 Å². The van der Waals surface area contributed by atoms with Gasteiger partial charge in [-0.05, 0) is 64.2 Å². The third-order valence-electron chi connectivity index (χ3n) is 11.4. The molecule has 0 rings (SSSR count). The molecule has 6 heteroatoms. The van der Waals surface area contributed by atoms with Crippen molar-refractivity contribution >= 4 is 17.9 Å². The van der Waals surface area contributed by atoms with E-state index in [-0.39, 0.29) is 31.1 Å². The molecular weight excluding hydrogens is 769 g/mol. The molecule has 358 valence electrons. The minimum atomic E-state index is -0.790. The fourth-order valence-electron chi connectivity index (χ4n) is 7.39. The summed E-state index contributed by atoms with van der Waals surface area (Å²) in [6.45, 7) is 6.47. The van der Waals surface area contributed by atoms with E-state index < -0.39 is 6.10 Å². The van der Waals surface area contributed by atoms with Gasteiger partial charge in [-0.25, -0.2) is 0 Å². The van der Waals surface area contributed by atoms with Gasteiger partial charge in [0.15, 0.2) is 6.10 Å². The summed E-state index contributed by atoms with van der Waals surface area (Å²) >= 11 is 0. The van der Waals surface area contributed by atoms with Crippen LogP contribution in [-0.4, -0.2) is 37.2 Å². The van der Waals surface area contributed by atoms with Crippen LogP contribution < -0.4 is 0 Å². The standard InChI is InChI=1S/C56H98O6/c1-4-7-10-13-16-19-22-25-27-29-31-34-37-40-43-46-49-55(58)61-52-53(51-60-54(57)48-45-42-39-36-33-30-24-21-18-15-12-9-6-3)62-56(59)50-47-44-41-38-35-32-28-26-23-20-17-14-11-8-5-2/h9,12,15,18,21,24,27,29-30,33,53H,4-8,10-11,13-14,16-17,19-20,22-23,25-26,28,31-32,34-52H2,1-3H3/b12-9+,18-15+,24-21+,29-27+,33-30+. The molecule has 0 aromatic heterocycles. The number of ether oxygens (including phenoxy) is 3. The summed E-state index contributed by atoms with van der Waals surface area (Å²) in [6, 6.07) is 0. The monoisotopic (exact) mass is 867 g/mol. The highest BCUT2D eigenvalue weighted by atomic mass is 16.6. The van der Waals surface area contributed by atoms with Crippen LogP contribution >= 0.6 is 0 Å². The van der Waals surface area contributed by atoms with Crippen LogP contribution in [0.3, 0.4) is 0 Å². The molecule has 0 bridgehead atoms. The quantitative estimate of drug-likeness (QED) is 0.0199. The third-order valence-corrected chi connectivity index (χ3v) is 11.4.